The van der Waals surface area contributed by atoms with Crippen LogP contribution in [-0.4, -0.2) is 28.8 Å². The van der Waals surface area contributed by atoms with Gasteiger partial charge in [-0.25, -0.2) is 0 Å². The van der Waals surface area contributed by atoms with E-state index in [-0.39, 0.29) is 5.91 Å². The van der Waals surface area contributed by atoms with E-state index in [4.69, 9.17) is 0 Å². The van der Waals surface area contributed by atoms with Crippen LogP contribution in [0.4, 0.5) is 11.4 Å². The molecule has 0 aliphatic rings. The SMILES string of the molecule is CCN(CC)c1ccc(NC(=O)c2c(C)nn(C)c2C)cc1. The maximum Gasteiger partial charge on any atom is 0.259 e. The fourth-order valence-electron chi connectivity index (χ4n) is 2.64. The van der Waals surface area contributed by atoms with Gasteiger partial charge in [0, 0.05) is 37.2 Å². The lowest BCUT2D eigenvalue weighted by Gasteiger charge is -2.21. The number of aromatic nitrogens is 2. The molecular formula is C17H24N4O. The van der Waals surface area contributed by atoms with Crippen molar-refractivity contribution in [3.05, 3.63) is 41.2 Å². The summed E-state index contributed by atoms with van der Waals surface area (Å²) in [6.07, 6.45) is 0. The van der Waals surface area contributed by atoms with E-state index < -0.39 is 0 Å². The minimum atomic E-state index is -0.112. The maximum absolute atomic E-state index is 12.4. The van der Waals surface area contributed by atoms with Gasteiger partial charge in [-0.15, -0.1) is 0 Å². The third kappa shape index (κ3) is 3.13. The van der Waals surface area contributed by atoms with Crippen molar-refractivity contribution in [1.29, 1.82) is 0 Å². The number of benzene rings is 1. The molecule has 22 heavy (non-hydrogen) atoms. The van der Waals surface area contributed by atoms with Gasteiger partial charge in [-0.1, -0.05) is 0 Å². The molecular weight excluding hydrogens is 276 g/mol. The van der Waals surface area contributed by atoms with Crippen molar-refractivity contribution in [1.82, 2.24) is 9.78 Å². The quantitative estimate of drug-likeness (QED) is 0.923. The predicted molar refractivity (Wildman–Crippen MR) is 90.6 cm³/mol. The van der Waals surface area contributed by atoms with E-state index in [1.165, 1.54) is 0 Å². The minimum Gasteiger partial charge on any atom is -0.372 e. The van der Waals surface area contributed by atoms with Crippen LogP contribution in [0.15, 0.2) is 24.3 Å². The molecule has 1 amide bonds. The normalized spacial score (nSPS) is 10.6. The molecule has 1 heterocycles. The van der Waals surface area contributed by atoms with Gasteiger partial charge in [0.1, 0.15) is 0 Å². The van der Waals surface area contributed by atoms with Crippen LogP contribution >= 0.6 is 0 Å². The molecule has 0 saturated heterocycles. The van der Waals surface area contributed by atoms with E-state index in [1.807, 2.05) is 45.2 Å². The van der Waals surface area contributed by atoms with Crippen molar-refractivity contribution in [3.63, 3.8) is 0 Å². The molecule has 0 atom stereocenters. The summed E-state index contributed by atoms with van der Waals surface area (Å²) < 4.78 is 1.73. The van der Waals surface area contributed by atoms with Crippen LogP contribution in [0.1, 0.15) is 35.6 Å². The summed E-state index contributed by atoms with van der Waals surface area (Å²) in [6.45, 7) is 9.95. The first-order valence-electron chi connectivity index (χ1n) is 7.64. The molecule has 0 spiro atoms. The largest absolute Gasteiger partial charge is 0.372 e. The first-order valence-corrected chi connectivity index (χ1v) is 7.64. The number of anilines is 2. The fourth-order valence-corrected chi connectivity index (χ4v) is 2.64. The van der Waals surface area contributed by atoms with Crippen molar-refractivity contribution < 1.29 is 4.79 Å². The fraction of sp³-hybridized carbons (Fsp3) is 0.412. The standard InChI is InChI=1S/C17H24N4O/c1-6-21(7-2)15-10-8-14(9-11-15)18-17(22)16-12(3)19-20(5)13(16)4/h8-11H,6-7H2,1-5H3,(H,18,22). The zero-order chi connectivity index (χ0) is 16.3. The van der Waals surface area contributed by atoms with Gasteiger partial charge in [-0.05, 0) is 52.0 Å². The number of nitrogens with one attached hydrogen (secondary N) is 1. The Hall–Kier alpha value is -2.30. The average molecular weight is 300 g/mol. The minimum absolute atomic E-state index is 0.112. The highest BCUT2D eigenvalue weighted by atomic mass is 16.1. The lowest BCUT2D eigenvalue weighted by molar-refractivity contribution is 0.102. The Morgan fingerprint density at radius 3 is 2.23 bits per heavy atom. The molecule has 118 valence electrons. The first kappa shape index (κ1) is 16.1. The van der Waals surface area contributed by atoms with Gasteiger partial charge >= 0.3 is 0 Å². The van der Waals surface area contributed by atoms with Crippen molar-refractivity contribution in [2.45, 2.75) is 27.7 Å². The van der Waals surface area contributed by atoms with Crippen molar-refractivity contribution >= 4 is 17.3 Å². The Morgan fingerprint density at radius 2 is 1.77 bits per heavy atom. The molecule has 0 unspecified atom stereocenters. The number of amides is 1. The highest BCUT2D eigenvalue weighted by Gasteiger charge is 2.17. The van der Waals surface area contributed by atoms with Crippen molar-refractivity contribution in [2.75, 3.05) is 23.3 Å². The Labute approximate surface area is 131 Å². The van der Waals surface area contributed by atoms with E-state index in [0.29, 0.717) is 5.56 Å². The molecule has 2 rings (SSSR count). The van der Waals surface area contributed by atoms with E-state index in [2.05, 4.69) is 29.2 Å². The van der Waals surface area contributed by atoms with Crippen LogP contribution in [0.5, 0.6) is 0 Å². The van der Waals surface area contributed by atoms with Gasteiger partial charge in [-0.3, -0.25) is 9.48 Å². The number of rotatable bonds is 5. The van der Waals surface area contributed by atoms with Crippen molar-refractivity contribution in [3.8, 4) is 0 Å². The second-order valence-corrected chi connectivity index (χ2v) is 5.34. The number of carbonyl (C=O) groups is 1. The Kier molecular flexibility index (Phi) is 4.85. The number of carbonyl (C=O) groups excluding carboxylic acids is 1. The maximum atomic E-state index is 12.4. The lowest BCUT2D eigenvalue weighted by Crippen LogP contribution is -2.21. The molecule has 0 fully saturated rings. The van der Waals surface area contributed by atoms with Gasteiger partial charge in [0.15, 0.2) is 0 Å². The van der Waals surface area contributed by atoms with E-state index >= 15 is 0 Å². The molecule has 0 saturated carbocycles. The van der Waals surface area contributed by atoms with E-state index in [1.54, 1.807) is 4.68 Å². The molecule has 1 aromatic heterocycles. The summed E-state index contributed by atoms with van der Waals surface area (Å²) in [6, 6.07) is 7.94. The third-order valence-corrected chi connectivity index (χ3v) is 3.99. The summed E-state index contributed by atoms with van der Waals surface area (Å²) >= 11 is 0. The first-order chi connectivity index (χ1) is 10.5. The number of hydrogen-bond donors (Lipinski definition) is 1. The molecule has 0 bridgehead atoms. The second kappa shape index (κ2) is 6.64. The molecule has 0 aliphatic heterocycles. The molecule has 1 aromatic carbocycles. The van der Waals surface area contributed by atoms with Crippen LogP contribution in [0, 0.1) is 13.8 Å². The topological polar surface area (TPSA) is 50.2 Å². The molecule has 1 N–H and O–H groups in total. The van der Waals surface area contributed by atoms with E-state index in [9.17, 15) is 4.79 Å². The van der Waals surface area contributed by atoms with Crippen LogP contribution in [0.3, 0.4) is 0 Å². The third-order valence-electron chi connectivity index (χ3n) is 3.99. The zero-order valence-corrected chi connectivity index (χ0v) is 14.0. The number of nitrogens with zero attached hydrogens (tertiary/aromatic N) is 3. The highest BCUT2D eigenvalue weighted by Crippen LogP contribution is 2.19. The Balaban J connectivity index is 2.15. The van der Waals surface area contributed by atoms with Gasteiger partial charge in [0.05, 0.1) is 11.3 Å². The molecule has 0 aliphatic carbocycles. The van der Waals surface area contributed by atoms with E-state index in [0.717, 1.165) is 35.9 Å². The van der Waals surface area contributed by atoms with Crippen molar-refractivity contribution in [2.24, 2.45) is 7.05 Å². The zero-order valence-electron chi connectivity index (χ0n) is 14.0. The lowest BCUT2D eigenvalue weighted by atomic mass is 10.1. The van der Waals surface area contributed by atoms with Gasteiger partial charge in [0.2, 0.25) is 0 Å². The summed E-state index contributed by atoms with van der Waals surface area (Å²) in [5.74, 6) is -0.112. The Morgan fingerprint density at radius 1 is 1.18 bits per heavy atom. The summed E-state index contributed by atoms with van der Waals surface area (Å²) in [7, 11) is 1.85. The summed E-state index contributed by atoms with van der Waals surface area (Å²) in [5, 5.41) is 7.23. The summed E-state index contributed by atoms with van der Waals surface area (Å²) in [4.78, 5) is 14.7. The highest BCUT2D eigenvalue weighted by molar-refractivity contribution is 6.05. The molecule has 5 nitrogen and oxygen atoms in total. The van der Waals surface area contributed by atoms with Gasteiger partial charge < -0.3 is 10.2 Å². The second-order valence-electron chi connectivity index (χ2n) is 5.34. The molecule has 5 heteroatoms. The van der Waals surface area contributed by atoms with Crippen LogP contribution in [0.25, 0.3) is 0 Å². The number of aryl methyl sites for hydroxylation is 2. The average Bonchev–Trinajstić information content (AvgIpc) is 2.75. The predicted octanol–water partition coefficient (Wildman–Crippen LogP) is 3.14. The summed E-state index contributed by atoms with van der Waals surface area (Å²) in [5.41, 5.74) is 4.22. The van der Waals surface area contributed by atoms with Crippen LogP contribution < -0.4 is 10.2 Å². The van der Waals surface area contributed by atoms with Gasteiger partial charge in [0.25, 0.3) is 5.91 Å². The molecule has 0 radical (unpaired) electrons. The van der Waals surface area contributed by atoms with Crippen LogP contribution in [-0.2, 0) is 7.05 Å². The monoisotopic (exact) mass is 300 g/mol. The Bertz CT molecular complexity index is 654. The van der Waals surface area contributed by atoms with Crippen LogP contribution in [0.2, 0.25) is 0 Å². The number of hydrogen-bond acceptors (Lipinski definition) is 3. The smallest absolute Gasteiger partial charge is 0.259 e. The molecule has 2 aromatic rings. The van der Waals surface area contributed by atoms with Gasteiger partial charge in [-0.2, -0.15) is 5.10 Å².